The van der Waals surface area contributed by atoms with E-state index in [0.29, 0.717) is 19.6 Å². The molecule has 0 aromatic heterocycles. The van der Waals surface area contributed by atoms with Crippen LogP contribution in [0.25, 0.3) is 0 Å². The van der Waals surface area contributed by atoms with Gasteiger partial charge in [0.1, 0.15) is 0 Å². The van der Waals surface area contributed by atoms with Crippen molar-refractivity contribution in [3.63, 3.8) is 0 Å². The summed E-state index contributed by atoms with van der Waals surface area (Å²) in [5.41, 5.74) is 5.61. The zero-order valence-electron chi connectivity index (χ0n) is 9.68. The van der Waals surface area contributed by atoms with Crippen LogP contribution in [0.4, 0.5) is 0 Å². The summed E-state index contributed by atoms with van der Waals surface area (Å²) in [4.78, 5) is 0. The fraction of sp³-hybridized carbons (Fsp3) is 1.00. The molecule has 0 amide bonds. The molecule has 0 aromatic rings. The molecular formula is C9H21N3O2S2. The summed E-state index contributed by atoms with van der Waals surface area (Å²) in [5.74, 6) is 0.792. The van der Waals surface area contributed by atoms with Crippen molar-refractivity contribution in [1.82, 2.24) is 9.03 Å². The predicted molar refractivity (Wildman–Crippen MR) is 68.7 cm³/mol. The Bertz CT molecular complexity index is 295. The average molecular weight is 267 g/mol. The van der Waals surface area contributed by atoms with Gasteiger partial charge in [-0.05, 0) is 19.1 Å². The maximum absolute atomic E-state index is 12.0. The number of nitrogens with zero attached hydrogens (tertiary/aromatic N) is 1. The first-order valence-electron chi connectivity index (χ1n) is 5.57. The van der Waals surface area contributed by atoms with Gasteiger partial charge in [-0.25, -0.2) is 4.72 Å². The van der Waals surface area contributed by atoms with Crippen LogP contribution in [0.5, 0.6) is 0 Å². The molecule has 0 aliphatic carbocycles. The van der Waals surface area contributed by atoms with E-state index in [-0.39, 0.29) is 6.04 Å². The summed E-state index contributed by atoms with van der Waals surface area (Å²) in [5, 5.41) is 0. The van der Waals surface area contributed by atoms with Crippen LogP contribution in [-0.4, -0.2) is 50.4 Å². The van der Waals surface area contributed by atoms with E-state index in [2.05, 4.69) is 4.72 Å². The Hall–Kier alpha value is 0.180. The van der Waals surface area contributed by atoms with Gasteiger partial charge in [0.25, 0.3) is 10.2 Å². The molecule has 1 aliphatic rings. The topological polar surface area (TPSA) is 75.4 Å². The van der Waals surface area contributed by atoms with Crippen molar-refractivity contribution >= 4 is 22.0 Å². The van der Waals surface area contributed by atoms with Crippen molar-refractivity contribution in [3.05, 3.63) is 0 Å². The van der Waals surface area contributed by atoms with Gasteiger partial charge in [0.05, 0.1) is 0 Å². The van der Waals surface area contributed by atoms with E-state index in [0.717, 1.165) is 25.0 Å². The third-order valence-corrected chi connectivity index (χ3v) is 5.02. The van der Waals surface area contributed by atoms with E-state index in [1.807, 2.05) is 6.26 Å². The third kappa shape index (κ3) is 3.89. The monoisotopic (exact) mass is 267 g/mol. The van der Waals surface area contributed by atoms with Gasteiger partial charge in [-0.1, -0.05) is 6.42 Å². The molecule has 16 heavy (non-hydrogen) atoms. The average Bonchev–Trinajstić information content (AvgIpc) is 2.29. The number of thioether (sulfide) groups is 1. The Labute approximate surface area is 102 Å². The molecule has 1 fully saturated rings. The second kappa shape index (κ2) is 6.80. The molecule has 96 valence electrons. The lowest BCUT2D eigenvalue weighted by molar-refractivity contribution is 0.255. The second-order valence-corrected chi connectivity index (χ2v) is 6.58. The standard InChI is InChI=1S/C9H21N3O2S2/c1-15-7-5-11-16(13,14)12-6-3-2-4-9(12)8-10/h9,11H,2-8,10H2,1H3. The zero-order valence-corrected chi connectivity index (χ0v) is 11.3. The van der Waals surface area contributed by atoms with Crippen molar-refractivity contribution in [2.45, 2.75) is 25.3 Å². The molecule has 7 heteroatoms. The molecule has 1 rings (SSSR count). The number of rotatable bonds is 6. The van der Waals surface area contributed by atoms with Crippen LogP contribution >= 0.6 is 11.8 Å². The molecule has 5 nitrogen and oxygen atoms in total. The van der Waals surface area contributed by atoms with Crippen LogP contribution in [0.3, 0.4) is 0 Å². The summed E-state index contributed by atoms with van der Waals surface area (Å²) >= 11 is 1.63. The van der Waals surface area contributed by atoms with E-state index in [9.17, 15) is 8.42 Å². The fourth-order valence-corrected chi connectivity index (χ4v) is 3.80. The van der Waals surface area contributed by atoms with Gasteiger partial charge < -0.3 is 5.73 Å². The van der Waals surface area contributed by atoms with Gasteiger partial charge in [0.2, 0.25) is 0 Å². The highest BCUT2D eigenvalue weighted by Crippen LogP contribution is 2.18. The van der Waals surface area contributed by atoms with Crippen molar-refractivity contribution in [1.29, 1.82) is 0 Å². The first-order chi connectivity index (χ1) is 7.61. The molecule has 1 heterocycles. The molecule has 1 aliphatic heterocycles. The number of nitrogens with two attached hydrogens (primary N) is 1. The van der Waals surface area contributed by atoms with E-state index < -0.39 is 10.2 Å². The summed E-state index contributed by atoms with van der Waals surface area (Å²) < 4.78 is 28.1. The highest BCUT2D eigenvalue weighted by atomic mass is 32.2. The molecule has 3 N–H and O–H groups in total. The molecule has 0 saturated carbocycles. The van der Waals surface area contributed by atoms with Crippen LogP contribution < -0.4 is 10.5 Å². The lowest BCUT2D eigenvalue weighted by Crippen LogP contribution is -2.51. The van der Waals surface area contributed by atoms with Crippen molar-refractivity contribution in [3.8, 4) is 0 Å². The summed E-state index contributed by atoms with van der Waals surface area (Å²) in [6.07, 6.45) is 4.83. The zero-order chi connectivity index (χ0) is 12.0. The minimum Gasteiger partial charge on any atom is -0.329 e. The maximum Gasteiger partial charge on any atom is 0.279 e. The van der Waals surface area contributed by atoms with Crippen molar-refractivity contribution < 1.29 is 8.42 Å². The van der Waals surface area contributed by atoms with Gasteiger partial charge in [-0.3, -0.25) is 0 Å². The molecule has 0 aromatic carbocycles. The Morgan fingerprint density at radius 3 is 2.88 bits per heavy atom. The number of nitrogens with one attached hydrogen (secondary N) is 1. The first-order valence-corrected chi connectivity index (χ1v) is 8.40. The van der Waals surface area contributed by atoms with Crippen molar-refractivity contribution in [2.75, 3.05) is 31.6 Å². The van der Waals surface area contributed by atoms with Gasteiger partial charge >= 0.3 is 0 Å². The highest BCUT2D eigenvalue weighted by Gasteiger charge is 2.30. The molecule has 0 spiro atoms. The SMILES string of the molecule is CSCCNS(=O)(=O)N1CCCCC1CN. The van der Waals surface area contributed by atoms with Gasteiger partial charge in [0, 0.05) is 31.4 Å². The molecule has 1 unspecified atom stereocenters. The van der Waals surface area contributed by atoms with E-state index >= 15 is 0 Å². The Balaban J connectivity index is 2.57. The Morgan fingerprint density at radius 1 is 1.50 bits per heavy atom. The third-order valence-electron chi connectivity index (χ3n) is 2.74. The normalized spacial score (nSPS) is 23.5. The van der Waals surface area contributed by atoms with Crippen LogP contribution in [0.1, 0.15) is 19.3 Å². The van der Waals surface area contributed by atoms with Gasteiger partial charge in [0.15, 0.2) is 0 Å². The summed E-state index contributed by atoms with van der Waals surface area (Å²) in [7, 11) is -3.33. The van der Waals surface area contributed by atoms with Crippen LogP contribution in [-0.2, 0) is 10.2 Å². The molecule has 1 atom stereocenters. The minimum atomic E-state index is -3.33. The van der Waals surface area contributed by atoms with Crippen LogP contribution in [0.15, 0.2) is 0 Å². The molecule has 0 radical (unpaired) electrons. The Kier molecular flexibility index (Phi) is 6.06. The molecule has 0 bridgehead atoms. The minimum absolute atomic E-state index is 0.0273. The van der Waals surface area contributed by atoms with E-state index in [1.165, 1.54) is 4.31 Å². The number of hydrogen-bond donors (Lipinski definition) is 2. The van der Waals surface area contributed by atoms with Gasteiger partial charge in [-0.2, -0.15) is 24.5 Å². The quantitative estimate of drug-likeness (QED) is 0.664. The lowest BCUT2D eigenvalue weighted by Gasteiger charge is -2.33. The van der Waals surface area contributed by atoms with Crippen molar-refractivity contribution in [2.24, 2.45) is 5.73 Å². The van der Waals surface area contributed by atoms with Crippen LogP contribution in [0, 0.1) is 0 Å². The largest absolute Gasteiger partial charge is 0.329 e. The summed E-state index contributed by atoms with van der Waals surface area (Å²) in [6, 6.07) is -0.0273. The molecular weight excluding hydrogens is 246 g/mol. The lowest BCUT2D eigenvalue weighted by atomic mass is 10.1. The fourth-order valence-electron chi connectivity index (χ4n) is 1.88. The summed E-state index contributed by atoms with van der Waals surface area (Å²) in [6.45, 7) is 1.48. The van der Waals surface area contributed by atoms with E-state index in [1.54, 1.807) is 11.8 Å². The Morgan fingerprint density at radius 2 is 2.25 bits per heavy atom. The molecule has 1 saturated heterocycles. The maximum atomic E-state index is 12.0. The smallest absolute Gasteiger partial charge is 0.279 e. The second-order valence-electron chi connectivity index (χ2n) is 3.89. The first kappa shape index (κ1) is 14.2. The van der Waals surface area contributed by atoms with Crippen LogP contribution in [0.2, 0.25) is 0 Å². The highest BCUT2D eigenvalue weighted by molar-refractivity contribution is 7.98. The number of hydrogen-bond acceptors (Lipinski definition) is 4. The van der Waals surface area contributed by atoms with E-state index in [4.69, 9.17) is 5.73 Å². The predicted octanol–water partition coefficient (Wildman–Crippen LogP) is -0.00300. The number of piperidine rings is 1. The van der Waals surface area contributed by atoms with Gasteiger partial charge in [-0.15, -0.1) is 0 Å².